The number of allylic oxidation sites excluding steroid dienone is 4. The van der Waals surface area contributed by atoms with Crippen LogP contribution in [-0.2, 0) is 30.7 Å². The summed E-state index contributed by atoms with van der Waals surface area (Å²) < 4.78 is 1.46. The summed E-state index contributed by atoms with van der Waals surface area (Å²) in [5, 5.41) is 0. The number of rotatable bonds is 2. The maximum atomic E-state index is 3.45. The fourth-order valence-corrected chi connectivity index (χ4v) is 4.68. The van der Waals surface area contributed by atoms with Crippen LogP contribution in [-0.4, -0.2) is 3.21 Å². The molecule has 194 valence electrons. The molecule has 0 radical (unpaired) electrons. The molecule has 37 heavy (non-hydrogen) atoms. The van der Waals surface area contributed by atoms with Gasteiger partial charge in [-0.25, -0.2) is 6.08 Å². The normalized spacial score (nSPS) is 14.4. The molecule has 0 bridgehead atoms. The van der Waals surface area contributed by atoms with Crippen LogP contribution in [0.4, 0.5) is 0 Å². The zero-order chi connectivity index (χ0) is 25.6. The Hall–Kier alpha value is -1.53. The Morgan fingerprint density at radius 2 is 1.59 bits per heavy atom. The van der Waals surface area contributed by atoms with Crippen molar-refractivity contribution in [2.45, 2.75) is 61.3 Å². The van der Waals surface area contributed by atoms with Gasteiger partial charge < -0.3 is 24.8 Å². The molecule has 3 aromatic carbocycles. The molecule has 0 aromatic heterocycles. The van der Waals surface area contributed by atoms with Crippen molar-refractivity contribution < 1.29 is 49.0 Å². The molecule has 0 aliphatic heterocycles. The Morgan fingerprint density at radius 3 is 2.11 bits per heavy atom. The molecule has 5 rings (SSSR count). The van der Waals surface area contributed by atoms with Gasteiger partial charge in [-0.1, -0.05) is 81.7 Å². The molecule has 0 fully saturated rings. The average Bonchev–Trinajstić information content (AvgIpc) is 3.44. The first-order valence-corrected chi connectivity index (χ1v) is 13.8. The van der Waals surface area contributed by atoms with Crippen molar-refractivity contribution in [2.24, 2.45) is 11.3 Å². The number of hydrogen-bond donors (Lipinski definition) is 0. The molecule has 2 aliphatic carbocycles. The van der Waals surface area contributed by atoms with Gasteiger partial charge in [0.25, 0.3) is 0 Å². The van der Waals surface area contributed by atoms with Crippen LogP contribution >= 0.6 is 0 Å². The van der Waals surface area contributed by atoms with E-state index in [0.717, 1.165) is 6.42 Å². The van der Waals surface area contributed by atoms with Crippen LogP contribution < -0.4 is 24.8 Å². The van der Waals surface area contributed by atoms with Crippen LogP contribution in [0.5, 0.6) is 0 Å². The second-order valence-electron chi connectivity index (χ2n) is 10.6. The number of fused-ring (bicyclic) bond motifs is 3. The summed E-state index contributed by atoms with van der Waals surface area (Å²) in [6.07, 6.45) is 10.1. The molecule has 0 saturated carbocycles. The summed E-state index contributed by atoms with van der Waals surface area (Å²) in [7, 11) is 0. The SMILES string of the molecule is CCC1[C-]=CC(C(C)(C)C)=C1.C[C](=[Zr+2])c1ccccc1.Cc1[c-]c2c(cc1)-c1ccc(C)cc1C2.[Cl-].[Cl-]. The van der Waals surface area contributed by atoms with Gasteiger partial charge in [0.1, 0.15) is 0 Å². The van der Waals surface area contributed by atoms with E-state index in [9.17, 15) is 0 Å². The molecule has 0 N–H and O–H groups in total. The Bertz CT molecular complexity index is 1180. The zero-order valence-corrected chi connectivity index (χ0v) is 27.1. The smallest absolute Gasteiger partial charge is 0.0253 e. The van der Waals surface area contributed by atoms with Gasteiger partial charge in [-0.2, -0.15) is 35.4 Å². The first kappa shape index (κ1) is 33.5. The molecule has 0 heterocycles. The molecule has 0 amide bonds. The monoisotopic (exact) mass is 606 g/mol. The minimum Gasteiger partial charge on any atom is -1.00 e. The van der Waals surface area contributed by atoms with Gasteiger partial charge in [0.15, 0.2) is 0 Å². The maximum absolute atomic E-state index is 3.45. The topological polar surface area (TPSA) is 0 Å². The van der Waals surface area contributed by atoms with E-state index in [1.807, 2.05) is 6.07 Å². The number of hydrogen-bond acceptors (Lipinski definition) is 0. The van der Waals surface area contributed by atoms with Crippen molar-refractivity contribution in [3.05, 3.63) is 118 Å². The fraction of sp³-hybridized carbons (Fsp3) is 0.324. The zero-order valence-electron chi connectivity index (χ0n) is 23.2. The van der Waals surface area contributed by atoms with Crippen molar-refractivity contribution in [1.82, 2.24) is 0 Å². The van der Waals surface area contributed by atoms with E-state index >= 15 is 0 Å². The summed E-state index contributed by atoms with van der Waals surface area (Å²) >= 11 is 1.51. The molecule has 2 aliphatic rings. The molecule has 1 atom stereocenters. The summed E-state index contributed by atoms with van der Waals surface area (Å²) in [6.45, 7) is 15.4. The first-order chi connectivity index (χ1) is 16.6. The quantitative estimate of drug-likeness (QED) is 0.307. The third kappa shape index (κ3) is 9.62. The molecule has 0 nitrogen and oxygen atoms in total. The predicted molar refractivity (Wildman–Crippen MR) is 148 cm³/mol. The van der Waals surface area contributed by atoms with Crippen LogP contribution in [0.15, 0.2) is 78.4 Å². The summed E-state index contributed by atoms with van der Waals surface area (Å²) in [5.41, 5.74) is 11.3. The fourth-order valence-electron chi connectivity index (χ4n) is 4.27. The van der Waals surface area contributed by atoms with Crippen molar-refractivity contribution >= 4 is 3.21 Å². The Labute approximate surface area is 252 Å². The van der Waals surface area contributed by atoms with Gasteiger partial charge in [-0.3, -0.25) is 6.08 Å². The Kier molecular flexibility index (Phi) is 13.7. The molecule has 0 saturated heterocycles. The third-order valence-electron chi connectivity index (χ3n) is 6.44. The van der Waals surface area contributed by atoms with Gasteiger partial charge in [0.05, 0.1) is 0 Å². The van der Waals surface area contributed by atoms with Gasteiger partial charge in [0, 0.05) is 0 Å². The largest absolute Gasteiger partial charge is 1.00 e. The van der Waals surface area contributed by atoms with E-state index < -0.39 is 0 Å². The molecular weight excluding hydrogens is 571 g/mol. The number of halogens is 2. The van der Waals surface area contributed by atoms with Crippen LogP contribution in [0.25, 0.3) is 11.1 Å². The Balaban J connectivity index is 0.000000281. The van der Waals surface area contributed by atoms with Crippen molar-refractivity contribution in [2.75, 3.05) is 0 Å². The van der Waals surface area contributed by atoms with Gasteiger partial charge >= 0.3 is 70.3 Å². The van der Waals surface area contributed by atoms with E-state index in [2.05, 4.69) is 127 Å². The van der Waals surface area contributed by atoms with E-state index in [0.29, 0.717) is 11.3 Å². The summed E-state index contributed by atoms with van der Waals surface area (Å²) in [6, 6.07) is 25.0. The van der Waals surface area contributed by atoms with Gasteiger partial charge in [-0.05, 0) is 18.9 Å². The van der Waals surface area contributed by atoms with Crippen molar-refractivity contribution in [3.8, 4) is 11.1 Å². The molecule has 3 heteroatoms. The van der Waals surface area contributed by atoms with Crippen LogP contribution in [0.1, 0.15) is 68.9 Å². The van der Waals surface area contributed by atoms with Crippen LogP contribution in [0.3, 0.4) is 0 Å². The van der Waals surface area contributed by atoms with Gasteiger partial charge in [-0.15, -0.1) is 11.1 Å². The molecular formula is C34H38Cl2Zr-2. The van der Waals surface area contributed by atoms with E-state index in [4.69, 9.17) is 0 Å². The van der Waals surface area contributed by atoms with E-state index in [1.54, 1.807) is 0 Å². The standard InChI is InChI=1S/C15H13.C11H17.C8H8.2ClH.Zr/c1-10-3-5-14-12(7-10)9-13-8-11(2)4-6-15(13)14;1-5-9-6-7-10(8-9)11(2,3)4;1-2-8-6-4-3-5-7-8;;;/h3-7H,9H2,1-2H3;7-9H,5H2,1-4H3;3-7H,1H3;2*1H;/q2*-1;;;;+2/p-2. The van der Waals surface area contributed by atoms with Gasteiger partial charge in [0.2, 0.25) is 0 Å². The van der Waals surface area contributed by atoms with Crippen LogP contribution in [0, 0.1) is 37.3 Å². The molecule has 0 spiro atoms. The summed E-state index contributed by atoms with van der Waals surface area (Å²) in [5.74, 6) is 0.573. The minimum atomic E-state index is 0. The maximum Gasteiger partial charge on any atom is -0.0253 e. The predicted octanol–water partition coefficient (Wildman–Crippen LogP) is 2.81. The second kappa shape index (κ2) is 15.2. The third-order valence-corrected chi connectivity index (χ3v) is 7.15. The molecule has 1 unspecified atom stereocenters. The number of benzene rings is 3. The second-order valence-corrected chi connectivity index (χ2v) is 12.4. The Morgan fingerprint density at radius 1 is 0.946 bits per heavy atom. The minimum absolute atomic E-state index is 0. The van der Waals surface area contributed by atoms with Crippen LogP contribution in [0.2, 0.25) is 0 Å². The average molecular weight is 609 g/mol. The van der Waals surface area contributed by atoms with E-state index in [1.165, 1.54) is 78.4 Å². The summed E-state index contributed by atoms with van der Waals surface area (Å²) in [4.78, 5) is 0. The first-order valence-electron chi connectivity index (χ1n) is 12.6. The van der Waals surface area contributed by atoms with Crippen molar-refractivity contribution in [3.63, 3.8) is 0 Å². The molecule has 3 aromatic rings. The number of aryl methyl sites for hydroxylation is 2. The van der Waals surface area contributed by atoms with Crippen molar-refractivity contribution in [1.29, 1.82) is 0 Å². The van der Waals surface area contributed by atoms with E-state index in [-0.39, 0.29) is 24.8 Å².